The zero-order chi connectivity index (χ0) is 12.0. The first kappa shape index (κ1) is 12.6. The Morgan fingerprint density at radius 1 is 1.06 bits per heavy atom. The molecule has 16 heavy (non-hydrogen) atoms. The van der Waals surface area contributed by atoms with Gasteiger partial charge in [0.15, 0.2) is 13.6 Å². The summed E-state index contributed by atoms with van der Waals surface area (Å²) in [5.74, 6) is 1.11. The zero-order valence-corrected chi connectivity index (χ0v) is 9.65. The Hall–Kier alpha value is -1.46. The Bertz CT molecular complexity index is 337. The third-order valence-electron chi connectivity index (χ3n) is 1.98. The number of benzene rings is 1. The van der Waals surface area contributed by atoms with E-state index in [1.165, 1.54) is 20.3 Å². The third-order valence-corrected chi connectivity index (χ3v) is 1.98. The van der Waals surface area contributed by atoms with Crippen molar-refractivity contribution in [3.05, 3.63) is 17.7 Å². The molecule has 0 aliphatic carbocycles. The first-order chi connectivity index (χ1) is 7.69. The van der Waals surface area contributed by atoms with Crippen molar-refractivity contribution >= 4 is 0 Å². The van der Waals surface area contributed by atoms with E-state index in [0.717, 1.165) is 0 Å². The van der Waals surface area contributed by atoms with Crippen LogP contribution in [0.25, 0.3) is 0 Å². The van der Waals surface area contributed by atoms with Gasteiger partial charge in [0.1, 0.15) is 17.2 Å². The lowest BCUT2D eigenvalue weighted by Gasteiger charge is -2.12. The molecule has 0 bridgehead atoms. The number of phenolic OH excluding ortho intramolecular Hbond substituents is 1. The summed E-state index contributed by atoms with van der Waals surface area (Å²) in [5, 5.41) is 9.64. The molecular formula is C11H16O5. The van der Waals surface area contributed by atoms with Gasteiger partial charge in [-0.1, -0.05) is 0 Å². The van der Waals surface area contributed by atoms with E-state index in [4.69, 9.17) is 18.9 Å². The Morgan fingerprint density at radius 2 is 1.69 bits per heavy atom. The molecule has 5 heteroatoms. The van der Waals surface area contributed by atoms with Gasteiger partial charge in [-0.05, 0) is 6.92 Å². The second-order valence-electron chi connectivity index (χ2n) is 3.17. The molecule has 0 fully saturated rings. The lowest BCUT2D eigenvalue weighted by atomic mass is 10.2. The largest absolute Gasteiger partial charge is 0.507 e. The molecular weight excluding hydrogens is 212 g/mol. The highest BCUT2D eigenvalue weighted by atomic mass is 16.7. The topological polar surface area (TPSA) is 57.2 Å². The predicted octanol–water partition coefficient (Wildman–Crippen LogP) is 1.67. The summed E-state index contributed by atoms with van der Waals surface area (Å²) < 4.78 is 20.1. The molecule has 0 saturated heterocycles. The van der Waals surface area contributed by atoms with E-state index in [2.05, 4.69) is 0 Å². The second-order valence-corrected chi connectivity index (χ2v) is 3.17. The molecule has 0 saturated carbocycles. The minimum Gasteiger partial charge on any atom is -0.507 e. The molecule has 0 heterocycles. The van der Waals surface area contributed by atoms with Crippen LogP contribution in [0.15, 0.2) is 12.1 Å². The van der Waals surface area contributed by atoms with Crippen LogP contribution in [0.1, 0.15) is 5.56 Å². The fourth-order valence-electron chi connectivity index (χ4n) is 1.13. The van der Waals surface area contributed by atoms with Gasteiger partial charge in [-0.25, -0.2) is 0 Å². The van der Waals surface area contributed by atoms with Crippen LogP contribution in [0, 0.1) is 6.92 Å². The molecule has 1 aromatic carbocycles. The Balaban J connectivity index is 2.83. The summed E-state index contributed by atoms with van der Waals surface area (Å²) in [4.78, 5) is 0. The second kappa shape index (κ2) is 6.19. The summed E-state index contributed by atoms with van der Waals surface area (Å²) in [6.07, 6.45) is 0. The Morgan fingerprint density at radius 3 is 2.31 bits per heavy atom. The van der Waals surface area contributed by atoms with Gasteiger partial charge in [0.2, 0.25) is 0 Å². The summed E-state index contributed by atoms with van der Waals surface area (Å²) >= 11 is 0. The first-order valence-electron chi connectivity index (χ1n) is 4.76. The molecule has 5 nitrogen and oxygen atoms in total. The van der Waals surface area contributed by atoms with Gasteiger partial charge < -0.3 is 24.1 Å². The smallest absolute Gasteiger partial charge is 0.188 e. The molecule has 1 N–H and O–H groups in total. The van der Waals surface area contributed by atoms with E-state index in [0.29, 0.717) is 17.1 Å². The lowest BCUT2D eigenvalue weighted by Crippen LogP contribution is -2.02. The Kier molecular flexibility index (Phi) is 4.88. The average Bonchev–Trinajstić information content (AvgIpc) is 2.28. The number of hydrogen-bond acceptors (Lipinski definition) is 5. The normalized spacial score (nSPS) is 10.2. The van der Waals surface area contributed by atoms with Crippen molar-refractivity contribution in [3.63, 3.8) is 0 Å². The number of ether oxygens (including phenoxy) is 4. The van der Waals surface area contributed by atoms with Crippen LogP contribution in [-0.2, 0) is 9.47 Å². The highest BCUT2D eigenvalue weighted by Gasteiger charge is 2.08. The van der Waals surface area contributed by atoms with Crippen LogP contribution in [0.2, 0.25) is 0 Å². The van der Waals surface area contributed by atoms with Gasteiger partial charge in [-0.2, -0.15) is 0 Å². The third kappa shape index (κ3) is 3.29. The first-order valence-corrected chi connectivity index (χ1v) is 4.76. The SMILES string of the molecule is COCOc1cc(O)c(C)c(OCOC)c1. The van der Waals surface area contributed by atoms with Crippen molar-refractivity contribution in [2.24, 2.45) is 0 Å². The molecule has 0 unspecified atom stereocenters. The number of hydrogen-bond donors (Lipinski definition) is 1. The van der Waals surface area contributed by atoms with Gasteiger partial charge >= 0.3 is 0 Å². The van der Waals surface area contributed by atoms with Crippen molar-refractivity contribution in [1.82, 2.24) is 0 Å². The molecule has 0 aliphatic rings. The van der Waals surface area contributed by atoms with Crippen molar-refractivity contribution in [1.29, 1.82) is 0 Å². The van der Waals surface area contributed by atoms with Crippen LogP contribution in [0.3, 0.4) is 0 Å². The quantitative estimate of drug-likeness (QED) is 0.750. The van der Waals surface area contributed by atoms with E-state index in [1.807, 2.05) is 0 Å². The summed E-state index contributed by atoms with van der Waals surface area (Å²) in [6, 6.07) is 3.18. The van der Waals surface area contributed by atoms with Crippen LogP contribution in [0.4, 0.5) is 0 Å². The van der Waals surface area contributed by atoms with Gasteiger partial charge in [0.25, 0.3) is 0 Å². The summed E-state index contributed by atoms with van der Waals surface area (Å²) in [6.45, 7) is 1.99. The van der Waals surface area contributed by atoms with Crippen molar-refractivity contribution in [2.45, 2.75) is 6.92 Å². The van der Waals surface area contributed by atoms with Crippen LogP contribution in [-0.4, -0.2) is 32.9 Å². The van der Waals surface area contributed by atoms with E-state index in [-0.39, 0.29) is 19.3 Å². The van der Waals surface area contributed by atoms with Crippen molar-refractivity contribution in [3.8, 4) is 17.2 Å². The molecule has 0 aromatic heterocycles. The number of aromatic hydroxyl groups is 1. The maximum atomic E-state index is 9.64. The average molecular weight is 228 g/mol. The zero-order valence-electron chi connectivity index (χ0n) is 9.65. The van der Waals surface area contributed by atoms with E-state index >= 15 is 0 Å². The molecule has 90 valence electrons. The maximum Gasteiger partial charge on any atom is 0.188 e. The maximum absolute atomic E-state index is 9.64. The van der Waals surface area contributed by atoms with Gasteiger partial charge in [0, 0.05) is 31.9 Å². The van der Waals surface area contributed by atoms with Gasteiger partial charge in [-0.15, -0.1) is 0 Å². The number of rotatable bonds is 6. The highest BCUT2D eigenvalue weighted by molar-refractivity contribution is 5.48. The molecule has 1 rings (SSSR count). The van der Waals surface area contributed by atoms with Crippen LogP contribution < -0.4 is 9.47 Å². The number of methoxy groups -OCH3 is 2. The van der Waals surface area contributed by atoms with Crippen molar-refractivity contribution in [2.75, 3.05) is 27.8 Å². The van der Waals surface area contributed by atoms with E-state index < -0.39 is 0 Å². The summed E-state index contributed by atoms with van der Waals surface area (Å²) in [7, 11) is 3.05. The lowest BCUT2D eigenvalue weighted by molar-refractivity contribution is 0.0454. The Labute approximate surface area is 94.5 Å². The molecule has 0 spiro atoms. The van der Waals surface area contributed by atoms with Crippen LogP contribution in [0.5, 0.6) is 17.2 Å². The molecule has 0 aliphatic heterocycles. The minimum absolute atomic E-state index is 0.111. The fraction of sp³-hybridized carbons (Fsp3) is 0.455. The molecule has 0 radical (unpaired) electrons. The van der Waals surface area contributed by atoms with E-state index in [9.17, 15) is 5.11 Å². The fourth-order valence-corrected chi connectivity index (χ4v) is 1.13. The molecule has 0 amide bonds. The van der Waals surface area contributed by atoms with Gasteiger partial charge in [-0.3, -0.25) is 0 Å². The van der Waals surface area contributed by atoms with Crippen molar-refractivity contribution < 1.29 is 24.1 Å². The minimum atomic E-state index is 0.111. The van der Waals surface area contributed by atoms with E-state index in [1.54, 1.807) is 13.0 Å². The standard InChI is InChI=1S/C11H16O5/c1-8-10(12)4-9(15-6-13-2)5-11(8)16-7-14-3/h4-5,12H,6-7H2,1-3H3. The predicted molar refractivity (Wildman–Crippen MR) is 57.9 cm³/mol. The highest BCUT2D eigenvalue weighted by Crippen LogP contribution is 2.32. The number of phenols is 1. The molecule has 1 aromatic rings. The van der Waals surface area contributed by atoms with Gasteiger partial charge in [0.05, 0.1) is 0 Å². The molecule has 0 atom stereocenters. The summed E-state index contributed by atoms with van der Waals surface area (Å²) in [5.41, 5.74) is 0.641. The van der Waals surface area contributed by atoms with Crippen LogP contribution >= 0.6 is 0 Å². The monoisotopic (exact) mass is 228 g/mol.